The second kappa shape index (κ2) is 7.65. The molecule has 30 heavy (non-hydrogen) atoms. The van der Waals surface area contributed by atoms with Crippen LogP contribution < -0.4 is 16.0 Å². The molecule has 7 nitrogen and oxygen atoms in total. The summed E-state index contributed by atoms with van der Waals surface area (Å²) < 4.78 is 1.77. The molecular formula is C23H24N6O. The first-order valence-electron chi connectivity index (χ1n) is 9.85. The maximum Gasteiger partial charge on any atom is 0.324 e. The predicted molar refractivity (Wildman–Crippen MR) is 117 cm³/mol. The Bertz CT molecular complexity index is 1150. The second-order valence-electron chi connectivity index (χ2n) is 8.40. The van der Waals surface area contributed by atoms with E-state index in [-0.39, 0.29) is 5.41 Å². The summed E-state index contributed by atoms with van der Waals surface area (Å²) in [7, 11) is 0. The first kappa shape index (κ1) is 19.7. The van der Waals surface area contributed by atoms with Gasteiger partial charge >= 0.3 is 6.03 Å². The number of hydrogen-bond acceptors (Lipinski definition) is 4. The van der Waals surface area contributed by atoms with Crippen molar-refractivity contribution in [3.05, 3.63) is 70.9 Å². The van der Waals surface area contributed by atoms with Gasteiger partial charge in [-0.2, -0.15) is 10.4 Å². The molecule has 3 N–H and O–H groups in total. The summed E-state index contributed by atoms with van der Waals surface area (Å²) in [5, 5.41) is 22.9. The number of nitrogens with zero attached hydrogens (tertiary/aromatic N) is 3. The lowest BCUT2D eigenvalue weighted by Crippen LogP contribution is -2.21. The molecule has 1 aliphatic heterocycles. The highest BCUT2D eigenvalue weighted by Crippen LogP contribution is 2.28. The first-order valence-corrected chi connectivity index (χ1v) is 9.85. The molecule has 0 atom stereocenters. The van der Waals surface area contributed by atoms with Gasteiger partial charge in [0.2, 0.25) is 0 Å². The van der Waals surface area contributed by atoms with Crippen LogP contribution in [-0.2, 0) is 18.5 Å². The van der Waals surface area contributed by atoms with Gasteiger partial charge in [0.1, 0.15) is 5.82 Å². The van der Waals surface area contributed by atoms with Crippen molar-refractivity contribution in [3.8, 4) is 11.8 Å². The van der Waals surface area contributed by atoms with E-state index in [1.807, 2.05) is 12.1 Å². The third-order valence-electron chi connectivity index (χ3n) is 5.03. The SMILES string of the molecule is CC(C)(C)c1cc(NC(=O)Nc2cccc(C#N)c2)n(-c2ccc3c(c2)CNC3)n1. The molecule has 2 heterocycles. The molecule has 0 unspecified atom stereocenters. The fraction of sp³-hybridized carbons (Fsp3) is 0.261. The Hall–Kier alpha value is -3.63. The molecule has 1 aliphatic rings. The highest BCUT2D eigenvalue weighted by Gasteiger charge is 2.22. The minimum absolute atomic E-state index is 0.169. The van der Waals surface area contributed by atoms with Crippen LogP contribution >= 0.6 is 0 Å². The zero-order valence-corrected chi connectivity index (χ0v) is 17.3. The molecule has 0 bridgehead atoms. The van der Waals surface area contributed by atoms with Gasteiger partial charge in [-0.25, -0.2) is 9.48 Å². The van der Waals surface area contributed by atoms with Gasteiger partial charge in [-0.05, 0) is 41.5 Å². The van der Waals surface area contributed by atoms with Crippen LogP contribution in [0.1, 0.15) is 43.2 Å². The van der Waals surface area contributed by atoms with Crippen molar-refractivity contribution in [1.82, 2.24) is 15.1 Å². The number of anilines is 2. The fourth-order valence-corrected chi connectivity index (χ4v) is 3.39. The van der Waals surface area contributed by atoms with Gasteiger partial charge in [0.25, 0.3) is 0 Å². The number of aromatic nitrogens is 2. The van der Waals surface area contributed by atoms with Crippen LogP contribution in [0.15, 0.2) is 48.5 Å². The van der Waals surface area contributed by atoms with Crippen LogP contribution in [0, 0.1) is 11.3 Å². The van der Waals surface area contributed by atoms with Gasteiger partial charge in [0.05, 0.1) is 23.0 Å². The Morgan fingerprint density at radius 3 is 2.67 bits per heavy atom. The minimum Gasteiger partial charge on any atom is -0.309 e. The molecule has 0 saturated heterocycles. The molecule has 2 amide bonds. The highest BCUT2D eigenvalue weighted by atomic mass is 16.2. The van der Waals surface area contributed by atoms with Crippen molar-refractivity contribution in [2.75, 3.05) is 10.6 Å². The number of carbonyl (C=O) groups is 1. The van der Waals surface area contributed by atoms with Crippen molar-refractivity contribution in [1.29, 1.82) is 5.26 Å². The Morgan fingerprint density at radius 2 is 1.90 bits per heavy atom. The van der Waals surface area contributed by atoms with Gasteiger partial charge in [0, 0.05) is 30.3 Å². The van der Waals surface area contributed by atoms with Crippen molar-refractivity contribution in [2.45, 2.75) is 39.3 Å². The van der Waals surface area contributed by atoms with Crippen LogP contribution in [0.4, 0.5) is 16.3 Å². The van der Waals surface area contributed by atoms with E-state index in [9.17, 15) is 4.79 Å². The van der Waals surface area contributed by atoms with Gasteiger partial charge in [-0.3, -0.25) is 5.32 Å². The molecule has 4 rings (SSSR count). The molecule has 3 aromatic rings. The maximum atomic E-state index is 12.7. The average Bonchev–Trinajstić information content (AvgIpc) is 3.34. The monoisotopic (exact) mass is 400 g/mol. The lowest BCUT2D eigenvalue weighted by atomic mass is 9.92. The first-order chi connectivity index (χ1) is 14.3. The van der Waals surface area contributed by atoms with Crippen molar-refractivity contribution in [2.24, 2.45) is 0 Å². The van der Waals surface area contributed by atoms with Crippen LogP contribution in [0.25, 0.3) is 5.69 Å². The number of nitriles is 1. The number of nitrogens with one attached hydrogen (secondary N) is 3. The summed E-state index contributed by atoms with van der Waals surface area (Å²) >= 11 is 0. The van der Waals surface area contributed by atoms with Crippen LogP contribution in [0.5, 0.6) is 0 Å². The van der Waals surface area contributed by atoms with E-state index in [0.717, 1.165) is 24.5 Å². The standard InChI is InChI=1S/C23H24N6O/c1-23(2,3)20-11-21(27-22(30)26-18-6-4-5-15(9-18)12-24)29(28-20)19-8-7-16-13-25-14-17(16)10-19/h4-11,25H,13-14H2,1-3H3,(H2,26,27,30). The second-order valence-corrected chi connectivity index (χ2v) is 8.40. The van der Waals surface area contributed by atoms with Crippen molar-refractivity contribution >= 4 is 17.5 Å². The van der Waals surface area contributed by atoms with E-state index >= 15 is 0 Å². The Balaban J connectivity index is 1.64. The number of rotatable bonds is 3. The number of benzene rings is 2. The molecular weight excluding hydrogens is 376 g/mol. The smallest absolute Gasteiger partial charge is 0.309 e. The van der Waals surface area contributed by atoms with E-state index in [1.165, 1.54) is 11.1 Å². The van der Waals surface area contributed by atoms with E-state index in [4.69, 9.17) is 10.4 Å². The van der Waals surface area contributed by atoms with Gasteiger partial charge in [-0.15, -0.1) is 0 Å². The number of fused-ring (bicyclic) bond motifs is 1. The van der Waals surface area contributed by atoms with Crippen LogP contribution in [-0.4, -0.2) is 15.8 Å². The van der Waals surface area contributed by atoms with Gasteiger partial charge < -0.3 is 10.6 Å². The number of urea groups is 1. The lowest BCUT2D eigenvalue weighted by molar-refractivity contribution is 0.262. The Kier molecular flexibility index (Phi) is 5.02. The Labute approximate surface area is 175 Å². The fourth-order valence-electron chi connectivity index (χ4n) is 3.39. The van der Waals surface area contributed by atoms with Gasteiger partial charge in [0.15, 0.2) is 0 Å². The summed E-state index contributed by atoms with van der Waals surface area (Å²) in [6, 6.07) is 16.6. The van der Waals surface area contributed by atoms with Gasteiger partial charge in [-0.1, -0.05) is 32.9 Å². The molecule has 152 valence electrons. The third kappa shape index (κ3) is 4.04. The summed E-state index contributed by atoms with van der Waals surface area (Å²) in [5.74, 6) is 0.583. The van der Waals surface area contributed by atoms with Crippen molar-refractivity contribution in [3.63, 3.8) is 0 Å². The molecule has 0 radical (unpaired) electrons. The van der Waals surface area contributed by atoms with Crippen LogP contribution in [0.3, 0.4) is 0 Å². The third-order valence-corrected chi connectivity index (χ3v) is 5.03. The van der Waals surface area contributed by atoms with Crippen molar-refractivity contribution < 1.29 is 4.79 Å². The number of amides is 2. The molecule has 7 heteroatoms. The van der Waals surface area contributed by atoms with Crippen LogP contribution in [0.2, 0.25) is 0 Å². The van der Waals surface area contributed by atoms with E-state index in [1.54, 1.807) is 28.9 Å². The maximum absolute atomic E-state index is 12.7. The quantitative estimate of drug-likeness (QED) is 0.611. The number of carbonyl (C=O) groups excluding carboxylic acids is 1. The zero-order valence-electron chi connectivity index (χ0n) is 17.3. The van der Waals surface area contributed by atoms with E-state index in [0.29, 0.717) is 17.1 Å². The number of hydrogen-bond donors (Lipinski definition) is 3. The lowest BCUT2D eigenvalue weighted by Gasteiger charge is -2.14. The molecule has 0 fully saturated rings. The predicted octanol–water partition coefficient (Wildman–Crippen LogP) is 4.29. The average molecular weight is 400 g/mol. The molecule has 2 aromatic carbocycles. The minimum atomic E-state index is -0.394. The summed E-state index contributed by atoms with van der Waals surface area (Å²) in [4.78, 5) is 12.7. The Morgan fingerprint density at radius 1 is 1.10 bits per heavy atom. The molecule has 1 aromatic heterocycles. The van der Waals surface area contributed by atoms with E-state index < -0.39 is 6.03 Å². The molecule has 0 spiro atoms. The molecule has 0 saturated carbocycles. The highest BCUT2D eigenvalue weighted by molar-refractivity contribution is 5.99. The summed E-state index contributed by atoms with van der Waals surface area (Å²) in [5.41, 5.74) is 5.17. The summed E-state index contributed by atoms with van der Waals surface area (Å²) in [6.45, 7) is 7.96. The van der Waals surface area contributed by atoms with E-state index in [2.05, 4.69) is 54.9 Å². The molecule has 0 aliphatic carbocycles. The summed E-state index contributed by atoms with van der Waals surface area (Å²) in [6.07, 6.45) is 0. The largest absolute Gasteiger partial charge is 0.324 e. The zero-order chi connectivity index (χ0) is 21.3. The normalized spacial score (nSPS) is 12.9. The topological polar surface area (TPSA) is 94.8 Å².